The molecule has 10 heteroatoms. The van der Waals surface area contributed by atoms with E-state index in [0.717, 1.165) is 0 Å². The predicted octanol–water partition coefficient (Wildman–Crippen LogP) is 4.50. The van der Waals surface area contributed by atoms with Crippen molar-refractivity contribution in [2.45, 2.75) is 32.4 Å². The first kappa shape index (κ1) is 22.3. The van der Waals surface area contributed by atoms with Gasteiger partial charge in [-0.25, -0.2) is 0 Å². The normalized spacial score (nSPS) is 15.3. The van der Waals surface area contributed by atoms with Gasteiger partial charge in [0.05, 0.1) is 12.3 Å². The summed E-state index contributed by atoms with van der Waals surface area (Å²) in [4.78, 5) is 18.9. The van der Waals surface area contributed by atoms with E-state index in [1.807, 2.05) is 11.0 Å². The smallest absolute Gasteiger partial charge is 0.387 e. The Morgan fingerprint density at radius 2 is 2.03 bits per heavy atom. The van der Waals surface area contributed by atoms with Gasteiger partial charge in [-0.3, -0.25) is 4.79 Å². The number of carbonyl (C=O) groups is 1. The second kappa shape index (κ2) is 9.73. The number of benzene rings is 1. The van der Waals surface area contributed by atoms with Gasteiger partial charge in [0.25, 0.3) is 5.89 Å². The van der Waals surface area contributed by atoms with Crippen LogP contribution in [0.2, 0.25) is 0 Å². The Morgan fingerprint density at radius 3 is 2.70 bits per heavy atom. The molecule has 33 heavy (non-hydrogen) atoms. The average molecular weight is 456 g/mol. The van der Waals surface area contributed by atoms with Crippen molar-refractivity contribution < 1.29 is 27.1 Å². The molecule has 0 spiro atoms. The Labute approximate surface area is 188 Å². The van der Waals surface area contributed by atoms with E-state index >= 15 is 0 Å². The van der Waals surface area contributed by atoms with Crippen LogP contribution in [0.5, 0.6) is 5.75 Å². The Hall–Kier alpha value is -3.87. The number of nitrogens with zero attached hydrogens (tertiary/aromatic N) is 3. The average Bonchev–Trinajstić information content (AvgIpc) is 3.49. The van der Waals surface area contributed by atoms with E-state index in [4.69, 9.17) is 8.83 Å². The minimum absolute atomic E-state index is 0.0387. The summed E-state index contributed by atoms with van der Waals surface area (Å²) in [5.74, 6) is 0.626. The second-order valence-corrected chi connectivity index (χ2v) is 7.67. The van der Waals surface area contributed by atoms with E-state index < -0.39 is 12.7 Å². The van der Waals surface area contributed by atoms with Gasteiger partial charge in [-0.2, -0.15) is 19.0 Å². The highest BCUT2D eigenvalue weighted by atomic mass is 19.3. The van der Waals surface area contributed by atoms with Crippen LogP contribution in [0.3, 0.4) is 0 Å². The number of para-hydroxylation sites is 1. The number of oxazole rings is 1. The largest absolute Gasteiger partial charge is 0.459 e. The van der Waals surface area contributed by atoms with Crippen molar-refractivity contribution in [1.82, 2.24) is 10.3 Å². The van der Waals surface area contributed by atoms with E-state index in [0.29, 0.717) is 43.1 Å². The predicted molar refractivity (Wildman–Crippen MR) is 113 cm³/mol. The van der Waals surface area contributed by atoms with E-state index in [1.54, 1.807) is 37.3 Å². The molecule has 4 rings (SSSR count). The van der Waals surface area contributed by atoms with E-state index in [9.17, 15) is 18.8 Å². The third kappa shape index (κ3) is 4.98. The quantitative estimate of drug-likeness (QED) is 0.558. The van der Waals surface area contributed by atoms with Crippen LogP contribution < -0.4 is 15.0 Å². The van der Waals surface area contributed by atoms with Gasteiger partial charge in [-0.05, 0) is 38.0 Å². The lowest BCUT2D eigenvalue weighted by Gasteiger charge is -2.31. The van der Waals surface area contributed by atoms with Gasteiger partial charge in [-0.1, -0.05) is 18.2 Å². The molecule has 1 saturated heterocycles. The monoisotopic (exact) mass is 456 g/mol. The number of hydrogen-bond donors (Lipinski definition) is 1. The minimum atomic E-state index is -2.94. The van der Waals surface area contributed by atoms with Crippen molar-refractivity contribution in [3.05, 3.63) is 53.9 Å². The molecule has 3 aromatic rings. The van der Waals surface area contributed by atoms with Crippen LogP contribution in [-0.4, -0.2) is 30.6 Å². The number of furan rings is 1. The van der Waals surface area contributed by atoms with Crippen molar-refractivity contribution in [3.63, 3.8) is 0 Å². The highest BCUT2D eigenvalue weighted by Crippen LogP contribution is 2.32. The number of nitriles is 1. The highest BCUT2D eigenvalue weighted by Gasteiger charge is 2.30. The summed E-state index contributed by atoms with van der Waals surface area (Å²) in [5.41, 5.74) is 0.642. The van der Waals surface area contributed by atoms with Crippen molar-refractivity contribution in [1.29, 1.82) is 5.26 Å². The van der Waals surface area contributed by atoms with Crippen LogP contribution in [0.1, 0.15) is 37.1 Å². The summed E-state index contributed by atoms with van der Waals surface area (Å²) >= 11 is 0. The molecule has 0 aliphatic carbocycles. The topological polar surface area (TPSA) is 105 Å². The third-order valence-corrected chi connectivity index (χ3v) is 5.56. The lowest BCUT2D eigenvalue weighted by Crippen LogP contribution is -2.41. The first-order valence-corrected chi connectivity index (χ1v) is 10.5. The molecule has 8 nitrogen and oxygen atoms in total. The second-order valence-electron chi connectivity index (χ2n) is 7.67. The van der Waals surface area contributed by atoms with Crippen LogP contribution in [0, 0.1) is 17.2 Å². The standard InChI is InChI=1S/C23H22F2N4O4/c1-14(16-5-2-3-6-18(16)32-23(24)25)27-20(30)15-8-10-29(11-9-15)22-17(13-26)28-21(33-22)19-7-4-12-31-19/h2-7,12,14-15,23H,8-11H2,1H3,(H,27,30). The van der Waals surface area contributed by atoms with Crippen molar-refractivity contribution in [2.24, 2.45) is 5.92 Å². The van der Waals surface area contributed by atoms with Crippen molar-refractivity contribution >= 4 is 11.8 Å². The summed E-state index contributed by atoms with van der Waals surface area (Å²) in [6.07, 6.45) is 2.57. The maximum atomic E-state index is 12.8. The molecule has 1 aliphatic rings. The van der Waals surface area contributed by atoms with Gasteiger partial charge in [0, 0.05) is 24.6 Å². The van der Waals surface area contributed by atoms with E-state index in [1.165, 1.54) is 12.3 Å². The lowest BCUT2D eigenvalue weighted by molar-refractivity contribution is -0.126. The number of amides is 1. The molecule has 2 aromatic heterocycles. The molecule has 0 radical (unpaired) electrons. The van der Waals surface area contributed by atoms with Crippen LogP contribution in [0.15, 0.2) is 51.5 Å². The summed E-state index contributed by atoms with van der Waals surface area (Å²) < 4.78 is 41.0. The number of rotatable bonds is 7. The molecular weight excluding hydrogens is 434 g/mol. The fourth-order valence-electron chi connectivity index (χ4n) is 3.90. The number of piperidine rings is 1. The number of anilines is 1. The SMILES string of the molecule is CC(NC(=O)C1CCN(c2oc(-c3ccco3)nc2C#N)CC1)c1ccccc1OC(F)F. The van der Waals surface area contributed by atoms with Crippen LogP contribution in [0.25, 0.3) is 11.7 Å². The first-order valence-electron chi connectivity index (χ1n) is 10.5. The number of ether oxygens (including phenoxy) is 1. The molecule has 0 saturated carbocycles. The zero-order valence-electron chi connectivity index (χ0n) is 17.8. The van der Waals surface area contributed by atoms with Crippen LogP contribution in [-0.2, 0) is 4.79 Å². The number of hydrogen-bond acceptors (Lipinski definition) is 7. The number of aromatic nitrogens is 1. The number of alkyl halides is 2. The van der Waals surface area contributed by atoms with Gasteiger partial charge in [0.2, 0.25) is 17.5 Å². The fraction of sp³-hybridized carbons (Fsp3) is 0.348. The molecule has 1 amide bonds. The van der Waals surface area contributed by atoms with Gasteiger partial charge in [0.1, 0.15) is 11.8 Å². The molecular formula is C23H22F2N4O4. The lowest BCUT2D eigenvalue weighted by atomic mass is 9.95. The number of halogens is 2. The Bertz CT molecular complexity index is 1130. The molecule has 1 aliphatic heterocycles. The minimum Gasteiger partial charge on any atom is -0.459 e. The Kier molecular flexibility index (Phi) is 6.58. The van der Waals surface area contributed by atoms with Gasteiger partial charge in [-0.15, -0.1) is 0 Å². The summed E-state index contributed by atoms with van der Waals surface area (Å²) in [6.45, 7) is -0.219. The third-order valence-electron chi connectivity index (χ3n) is 5.56. The highest BCUT2D eigenvalue weighted by molar-refractivity contribution is 5.79. The summed E-state index contributed by atoms with van der Waals surface area (Å²) in [5, 5.41) is 12.3. The Balaban J connectivity index is 1.38. The molecule has 1 N–H and O–H groups in total. The Morgan fingerprint density at radius 1 is 1.27 bits per heavy atom. The van der Waals surface area contributed by atoms with Crippen LogP contribution in [0.4, 0.5) is 14.7 Å². The van der Waals surface area contributed by atoms with E-state index in [2.05, 4.69) is 15.0 Å². The molecule has 1 unspecified atom stereocenters. The van der Waals surface area contributed by atoms with Gasteiger partial charge in [0.15, 0.2) is 5.76 Å². The number of carbonyl (C=O) groups excluding carboxylic acids is 1. The maximum absolute atomic E-state index is 12.8. The fourth-order valence-corrected chi connectivity index (χ4v) is 3.90. The molecule has 1 fully saturated rings. The molecule has 0 bridgehead atoms. The summed E-state index contributed by atoms with van der Waals surface area (Å²) in [7, 11) is 0. The van der Waals surface area contributed by atoms with E-state index in [-0.39, 0.29) is 29.2 Å². The van der Waals surface area contributed by atoms with Gasteiger partial charge >= 0.3 is 6.61 Å². The molecule has 3 heterocycles. The zero-order chi connectivity index (χ0) is 23.4. The van der Waals surface area contributed by atoms with Crippen molar-refractivity contribution in [3.8, 4) is 23.5 Å². The number of nitrogens with one attached hydrogen (secondary N) is 1. The zero-order valence-corrected chi connectivity index (χ0v) is 17.8. The summed E-state index contributed by atoms with van der Waals surface area (Å²) in [6, 6.07) is 11.3. The van der Waals surface area contributed by atoms with Gasteiger partial charge < -0.3 is 23.8 Å². The first-order chi connectivity index (χ1) is 16.0. The van der Waals surface area contributed by atoms with Crippen molar-refractivity contribution in [2.75, 3.05) is 18.0 Å². The van der Waals surface area contributed by atoms with Crippen LogP contribution >= 0.6 is 0 Å². The maximum Gasteiger partial charge on any atom is 0.387 e. The molecule has 1 aromatic carbocycles. The molecule has 172 valence electrons. The molecule has 1 atom stereocenters.